The van der Waals surface area contributed by atoms with E-state index in [0.29, 0.717) is 19.7 Å². The number of hydrogen-bond donors (Lipinski definition) is 0. The molecule has 2 atom stereocenters. The lowest BCUT2D eigenvalue weighted by atomic mass is 9.97. The predicted octanol–water partition coefficient (Wildman–Crippen LogP) is 3.38. The highest BCUT2D eigenvalue weighted by Gasteiger charge is 2.27. The molecule has 5 heteroatoms. The van der Waals surface area contributed by atoms with Crippen molar-refractivity contribution in [3.8, 4) is 0 Å². The van der Waals surface area contributed by atoms with Gasteiger partial charge in [0.1, 0.15) is 5.82 Å². The average Bonchev–Trinajstić information content (AvgIpc) is 2.48. The van der Waals surface area contributed by atoms with Gasteiger partial charge in [-0.1, -0.05) is 12.1 Å². The zero-order chi connectivity index (χ0) is 15.2. The topological polar surface area (TPSA) is 29.5 Å². The number of esters is 1. The molecule has 0 saturated carbocycles. The maximum absolute atomic E-state index is 12.9. The molecule has 116 valence electrons. The fourth-order valence-electron chi connectivity index (χ4n) is 2.68. The van der Waals surface area contributed by atoms with Gasteiger partial charge in [0.05, 0.1) is 17.9 Å². The molecule has 1 fully saturated rings. The van der Waals surface area contributed by atoms with Gasteiger partial charge in [0, 0.05) is 13.1 Å². The summed E-state index contributed by atoms with van der Waals surface area (Å²) >= 11 is 6.40. The Morgan fingerprint density at radius 3 is 2.86 bits per heavy atom. The minimum Gasteiger partial charge on any atom is -0.466 e. The summed E-state index contributed by atoms with van der Waals surface area (Å²) in [5, 5.41) is -0.202. The van der Waals surface area contributed by atoms with Gasteiger partial charge in [0.15, 0.2) is 0 Å². The zero-order valence-corrected chi connectivity index (χ0v) is 13.0. The van der Waals surface area contributed by atoms with Crippen LogP contribution in [0.1, 0.15) is 30.7 Å². The highest BCUT2D eigenvalue weighted by molar-refractivity contribution is 6.21. The maximum Gasteiger partial charge on any atom is 0.310 e. The van der Waals surface area contributed by atoms with Crippen molar-refractivity contribution >= 4 is 17.6 Å². The van der Waals surface area contributed by atoms with Crippen molar-refractivity contribution in [2.45, 2.75) is 25.1 Å². The minimum atomic E-state index is -0.261. The second-order valence-electron chi connectivity index (χ2n) is 5.37. The van der Waals surface area contributed by atoms with Gasteiger partial charge in [-0.2, -0.15) is 0 Å². The van der Waals surface area contributed by atoms with Crippen molar-refractivity contribution in [2.24, 2.45) is 5.92 Å². The van der Waals surface area contributed by atoms with Crippen LogP contribution < -0.4 is 0 Å². The van der Waals surface area contributed by atoms with Crippen LogP contribution in [-0.2, 0) is 9.53 Å². The van der Waals surface area contributed by atoms with E-state index in [-0.39, 0.29) is 23.1 Å². The molecular weight excluding hydrogens is 293 g/mol. The fraction of sp³-hybridized carbons (Fsp3) is 0.562. The third-order valence-electron chi connectivity index (χ3n) is 3.78. The largest absolute Gasteiger partial charge is 0.466 e. The Morgan fingerprint density at radius 2 is 2.19 bits per heavy atom. The lowest BCUT2D eigenvalue weighted by molar-refractivity contribution is -0.149. The smallest absolute Gasteiger partial charge is 0.310 e. The summed E-state index contributed by atoms with van der Waals surface area (Å²) in [4.78, 5) is 14.0. The van der Waals surface area contributed by atoms with Crippen molar-refractivity contribution < 1.29 is 13.9 Å². The van der Waals surface area contributed by atoms with E-state index in [4.69, 9.17) is 16.3 Å². The Morgan fingerprint density at radius 1 is 1.48 bits per heavy atom. The summed E-state index contributed by atoms with van der Waals surface area (Å²) in [6.07, 6.45) is 1.84. The Hall–Kier alpha value is -1.13. The number of halogens is 2. The predicted molar refractivity (Wildman–Crippen MR) is 80.8 cm³/mol. The number of piperidine rings is 1. The maximum atomic E-state index is 12.9. The first-order valence-corrected chi connectivity index (χ1v) is 7.82. The van der Waals surface area contributed by atoms with Crippen molar-refractivity contribution in [1.29, 1.82) is 0 Å². The third-order valence-corrected chi connectivity index (χ3v) is 4.17. The zero-order valence-electron chi connectivity index (χ0n) is 12.2. The van der Waals surface area contributed by atoms with Crippen LogP contribution in [0.2, 0.25) is 0 Å². The summed E-state index contributed by atoms with van der Waals surface area (Å²) in [6, 6.07) is 6.25. The first kappa shape index (κ1) is 16.2. The molecule has 0 amide bonds. The summed E-state index contributed by atoms with van der Waals surface area (Å²) in [5.41, 5.74) is 0.899. The second kappa shape index (κ2) is 7.76. The van der Waals surface area contributed by atoms with Crippen LogP contribution in [0.5, 0.6) is 0 Å². The molecular formula is C16H21ClFNO2. The number of carbonyl (C=O) groups is 1. The molecule has 1 saturated heterocycles. The van der Waals surface area contributed by atoms with Gasteiger partial charge >= 0.3 is 5.97 Å². The molecule has 3 nitrogen and oxygen atoms in total. The van der Waals surface area contributed by atoms with Gasteiger partial charge in [-0.3, -0.25) is 4.79 Å². The Bertz CT molecular complexity index is 466. The molecule has 2 rings (SSSR count). The number of carbonyl (C=O) groups excluding carboxylic acids is 1. The van der Waals surface area contributed by atoms with Crippen molar-refractivity contribution in [2.75, 3.05) is 26.2 Å². The fourth-order valence-corrected chi connectivity index (χ4v) is 3.02. The number of benzene rings is 1. The Kier molecular flexibility index (Phi) is 6.00. The molecule has 1 aliphatic rings. The van der Waals surface area contributed by atoms with E-state index in [0.717, 1.165) is 24.9 Å². The van der Waals surface area contributed by atoms with Gasteiger partial charge < -0.3 is 9.64 Å². The van der Waals surface area contributed by atoms with Crippen molar-refractivity contribution in [3.05, 3.63) is 35.6 Å². The molecule has 0 bridgehead atoms. The van der Waals surface area contributed by atoms with Crippen LogP contribution in [0, 0.1) is 11.7 Å². The number of alkyl halides is 1. The first-order chi connectivity index (χ1) is 10.1. The van der Waals surface area contributed by atoms with Crippen LogP contribution >= 0.6 is 11.6 Å². The monoisotopic (exact) mass is 313 g/mol. The number of hydrogen-bond acceptors (Lipinski definition) is 3. The third kappa shape index (κ3) is 4.68. The molecule has 1 aromatic rings. The number of likely N-dealkylation sites (tertiary alicyclic amines) is 1. The first-order valence-electron chi connectivity index (χ1n) is 7.38. The van der Waals surface area contributed by atoms with Crippen LogP contribution in [0.3, 0.4) is 0 Å². The van der Waals surface area contributed by atoms with E-state index >= 15 is 0 Å². The molecule has 0 radical (unpaired) electrons. The second-order valence-corrected chi connectivity index (χ2v) is 5.90. The summed E-state index contributed by atoms with van der Waals surface area (Å²) in [5.74, 6) is -0.436. The molecule has 1 aromatic carbocycles. The SMILES string of the molecule is CCOC(=O)C1CCCN(CC(Cl)c2ccc(F)cc2)C1. The van der Waals surface area contributed by atoms with E-state index in [2.05, 4.69) is 4.90 Å². The van der Waals surface area contributed by atoms with Gasteiger partial charge in [0.2, 0.25) is 0 Å². The van der Waals surface area contributed by atoms with Crippen molar-refractivity contribution in [3.63, 3.8) is 0 Å². The minimum absolute atomic E-state index is 0.0595. The molecule has 0 spiro atoms. The highest BCUT2D eigenvalue weighted by atomic mass is 35.5. The van der Waals surface area contributed by atoms with E-state index < -0.39 is 0 Å². The van der Waals surface area contributed by atoms with Crippen LogP contribution in [0.15, 0.2) is 24.3 Å². The average molecular weight is 314 g/mol. The standard InChI is InChI=1S/C16H21ClFNO2/c1-2-21-16(20)13-4-3-9-19(10-13)11-15(17)12-5-7-14(18)8-6-12/h5-8,13,15H,2-4,9-11H2,1H3. The van der Waals surface area contributed by atoms with Crippen LogP contribution in [-0.4, -0.2) is 37.1 Å². The Balaban J connectivity index is 1.89. The van der Waals surface area contributed by atoms with Gasteiger partial charge in [0.25, 0.3) is 0 Å². The van der Waals surface area contributed by atoms with Gasteiger partial charge in [-0.25, -0.2) is 4.39 Å². The quantitative estimate of drug-likeness (QED) is 0.616. The van der Waals surface area contributed by atoms with E-state index in [1.54, 1.807) is 12.1 Å². The summed E-state index contributed by atoms with van der Waals surface area (Å²) in [7, 11) is 0. The Labute approximate surface area is 130 Å². The molecule has 0 aliphatic carbocycles. The molecule has 21 heavy (non-hydrogen) atoms. The van der Waals surface area contributed by atoms with E-state index in [1.807, 2.05) is 6.92 Å². The molecule has 1 aliphatic heterocycles. The lowest BCUT2D eigenvalue weighted by Gasteiger charge is -2.32. The molecule has 2 unspecified atom stereocenters. The normalized spacial score (nSPS) is 21.0. The summed E-state index contributed by atoms with van der Waals surface area (Å²) < 4.78 is 18.0. The number of rotatable bonds is 5. The van der Waals surface area contributed by atoms with Gasteiger partial charge in [-0.15, -0.1) is 11.6 Å². The van der Waals surface area contributed by atoms with E-state index in [9.17, 15) is 9.18 Å². The molecule has 0 aromatic heterocycles. The van der Waals surface area contributed by atoms with Gasteiger partial charge in [-0.05, 0) is 44.0 Å². The molecule has 1 heterocycles. The van der Waals surface area contributed by atoms with Crippen LogP contribution in [0.4, 0.5) is 4.39 Å². The van der Waals surface area contributed by atoms with E-state index in [1.165, 1.54) is 12.1 Å². The number of nitrogens with zero attached hydrogens (tertiary/aromatic N) is 1. The molecule has 0 N–H and O–H groups in total. The number of ether oxygens (including phenoxy) is 1. The highest BCUT2D eigenvalue weighted by Crippen LogP contribution is 2.25. The van der Waals surface area contributed by atoms with Crippen LogP contribution in [0.25, 0.3) is 0 Å². The van der Waals surface area contributed by atoms with Crippen molar-refractivity contribution in [1.82, 2.24) is 4.90 Å². The lowest BCUT2D eigenvalue weighted by Crippen LogP contribution is -2.40. The summed E-state index contributed by atoms with van der Waals surface area (Å²) in [6.45, 7) is 4.51.